The predicted octanol–water partition coefficient (Wildman–Crippen LogP) is 1.42. The Balaban J connectivity index is 2.35. The van der Waals surface area contributed by atoms with Gasteiger partial charge in [-0.25, -0.2) is 0 Å². The Labute approximate surface area is 119 Å². The van der Waals surface area contributed by atoms with Gasteiger partial charge < -0.3 is 19.6 Å². The van der Waals surface area contributed by atoms with Crippen molar-refractivity contribution in [3.05, 3.63) is 23.8 Å². The van der Waals surface area contributed by atoms with Crippen LogP contribution in [0.4, 0.5) is 5.69 Å². The molecule has 1 aromatic carbocycles. The van der Waals surface area contributed by atoms with E-state index in [2.05, 4.69) is 0 Å². The van der Waals surface area contributed by atoms with Gasteiger partial charge in [0.1, 0.15) is 5.75 Å². The van der Waals surface area contributed by atoms with Crippen LogP contribution in [0.1, 0.15) is 25.0 Å². The third-order valence-electron chi connectivity index (χ3n) is 3.40. The van der Waals surface area contributed by atoms with Crippen LogP contribution in [0.2, 0.25) is 0 Å². The number of benzene rings is 1. The van der Waals surface area contributed by atoms with Gasteiger partial charge in [0.05, 0.1) is 24.8 Å². The number of ether oxygens (including phenoxy) is 1. The molecule has 1 unspecified atom stereocenters. The Kier molecular flexibility index (Phi) is 4.62. The second-order valence-electron chi connectivity index (χ2n) is 5.35. The molecule has 0 aliphatic carbocycles. The number of rotatable bonds is 4. The maximum atomic E-state index is 12.2. The van der Waals surface area contributed by atoms with E-state index in [1.54, 1.807) is 11.8 Å². The second-order valence-corrected chi connectivity index (χ2v) is 5.35. The highest BCUT2D eigenvalue weighted by Gasteiger charge is 2.23. The minimum atomic E-state index is -0.561. The molecule has 0 saturated carbocycles. The van der Waals surface area contributed by atoms with Gasteiger partial charge in [-0.05, 0) is 38.7 Å². The summed E-state index contributed by atoms with van der Waals surface area (Å²) in [6, 6.07) is 5.51. The van der Waals surface area contributed by atoms with Crippen molar-refractivity contribution in [1.29, 1.82) is 0 Å². The summed E-state index contributed by atoms with van der Waals surface area (Å²) in [6.45, 7) is 3.51. The Morgan fingerprint density at radius 3 is 2.85 bits per heavy atom. The molecule has 1 aliphatic heterocycles. The average molecular weight is 278 g/mol. The lowest BCUT2D eigenvalue weighted by Gasteiger charge is -2.24. The molecule has 110 valence electrons. The Bertz CT molecular complexity index is 486. The summed E-state index contributed by atoms with van der Waals surface area (Å²) in [5.41, 5.74) is 1.55. The number of likely N-dealkylation sites (N-methyl/N-ethyl adjacent to an activating group) is 1. The maximum Gasteiger partial charge on any atom is 0.230 e. The van der Waals surface area contributed by atoms with Gasteiger partial charge >= 0.3 is 0 Å². The minimum Gasteiger partial charge on any atom is -0.491 e. The fraction of sp³-hybridized carbons (Fsp3) is 0.533. The summed E-state index contributed by atoms with van der Waals surface area (Å²) >= 11 is 0. The molecule has 1 aliphatic rings. The molecule has 0 bridgehead atoms. The summed E-state index contributed by atoms with van der Waals surface area (Å²) < 4.78 is 5.63. The normalized spacial score (nSPS) is 16.6. The lowest BCUT2D eigenvalue weighted by Crippen LogP contribution is -2.36. The molecule has 5 heteroatoms. The van der Waals surface area contributed by atoms with Gasteiger partial charge in [-0.1, -0.05) is 6.07 Å². The number of amides is 1. The van der Waals surface area contributed by atoms with Gasteiger partial charge in [0.25, 0.3) is 0 Å². The van der Waals surface area contributed by atoms with Crippen LogP contribution in [0.15, 0.2) is 18.2 Å². The molecular weight excluding hydrogens is 256 g/mol. The Morgan fingerprint density at radius 1 is 1.45 bits per heavy atom. The van der Waals surface area contributed by atoms with Gasteiger partial charge in [0, 0.05) is 13.1 Å². The van der Waals surface area contributed by atoms with Crippen LogP contribution in [0.3, 0.4) is 0 Å². The number of nitrogens with zero attached hydrogens (tertiary/aromatic N) is 2. The molecule has 1 atom stereocenters. The van der Waals surface area contributed by atoms with E-state index in [-0.39, 0.29) is 5.91 Å². The molecule has 1 amide bonds. The molecule has 0 aromatic heterocycles. The molecule has 1 heterocycles. The average Bonchev–Trinajstić information content (AvgIpc) is 2.54. The van der Waals surface area contributed by atoms with E-state index in [0.717, 1.165) is 17.8 Å². The molecule has 0 spiro atoms. The van der Waals surface area contributed by atoms with E-state index in [0.29, 0.717) is 25.3 Å². The molecule has 0 saturated heterocycles. The van der Waals surface area contributed by atoms with Gasteiger partial charge in [-0.3, -0.25) is 4.79 Å². The standard InChI is InChI=1S/C15H22N2O3/c1-11(18)12-4-5-14-13(10-12)17(8-7-16(2)3)15(19)6-9-20-14/h4-5,10-11,18H,6-9H2,1-3H3. The third kappa shape index (κ3) is 3.29. The number of fused-ring (bicyclic) bond motifs is 1. The summed E-state index contributed by atoms with van der Waals surface area (Å²) in [6.07, 6.45) is -0.180. The van der Waals surface area contributed by atoms with Crippen LogP contribution in [0.25, 0.3) is 0 Å². The topological polar surface area (TPSA) is 53.0 Å². The van der Waals surface area contributed by atoms with Crippen molar-refractivity contribution in [1.82, 2.24) is 4.90 Å². The fourth-order valence-corrected chi connectivity index (χ4v) is 2.19. The maximum absolute atomic E-state index is 12.2. The van der Waals surface area contributed by atoms with E-state index in [9.17, 15) is 9.90 Å². The van der Waals surface area contributed by atoms with Gasteiger partial charge in [-0.15, -0.1) is 0 Å². The van der Waals surface area contributed by atoms with Crippen LogP contribution in [-0.4, -0.2) is 49.7 Å². The highest BCUT2D eigenvalue weighted by atomic mass is 16.5. The third-order valence-corrected chi connectivity index (χ3v) is 3.40. The summed E-state index contributed by atoms with van der Waals surface area (Å²) in [5.74, 6) is 0.771. The highest BCUT2D eigenvalue weighted by Crippen LogP contribution is 2.33. The zero-order valence-corrected chi connectivity index (χ0v) is 12.3. The quantitative estimate of drug-likeness (QED) is 0.905. The number of anilines is 1. The van der Waals surface area contributed by atoms with Gasteiger partial charge in [0.2, 0.25) is 5.91 Å². The van der Waals surface area contributed by atoms with Gasteiger partial charge in [-0.2, -0.15) is 0 Å². The molecule has 1 aromatic rings. The van der Waals surface area contributed by atoms with Crippen molar-refractivity contribution in [3.8, 4) is 5.75 Å². The highest BCUT2D eigenvalue weighted by molar-refractivity contribution is 5.95. The molecule has 5 nitrogen and oxygen atoms in total. The van der Waals surface area contributed by atoms with E-state index < -0.39 is 6.10 Å². The molecule has 0 radical (unpaired) electrons. The van der Waals surface area contributed by atoms with E-state index in [4.69, 9.17) is 4.74 Å². The first kappa shape index (κ1) is 14.8. The minimum absolute atomic E-state index is 0.0633. The van der Waals surface area contributed by atoms with Crippen LogP contribution in [0.5, 0.6) is 5.75 Å². The largest absolute Gasteiger partial charge is 0.491 e. The van der Waals surface area contributed by atoms with Crippen molar-refractivity contribution in [2.45, 2.75) is 19.4 Å². The molecule has 1 N–H and O–H groups in total. The van der Waals surface area contributed by atoms with Crippen molar-refractivity contribution in [2.24, 2.45) is 0 Å². The van der Waals surface area contributed by atoms with Crippen molar-refractivity contribution >= 4 is 11.6 Å². The second kappa shape index (κ2) is 6.24. The van der Waals surface area contributed by atoms with E-state index >= 15 is 0 Å². The number of carbonyl (C=O) groups is 1. The summed E-state index contributed by atoms with van der Waals surface area (Å²) in [7, 11) is 3.96. The predicted molar refractivity (Wildman–Crippen MR) is 78.1 cm³/mol. The first-order valence-corrected chi connectivity index (χ1v) is 6.89. The van der Waals surface area contributed by atoms with Crippen LogP contribution in [-0.2, 0) is 4.79 Å². The van der Waals surface area contributed by atoms with Crippen molar-refractivity contribution in [3.63, 3.8) is 0 Å². The zero-order chi connectivity index (χ0) is 14.7. The summed E-state index contributed by atoms with van der Waals surface area (Å²) in [4.78, 5) is 16.0. The SMILES string of the molecule is CC(O)c1ccc2c(c1)N(CCN(C)C)C(=O)CCO2. The number of carbonyl (C=O) groups excluding carboxylic acids is 1. The Hall–Kier alpha value is -1.59. The zero-order valence-electron chi connectivity index (χ0n) is 12.3. The van der Waals surface area contributed by atoms with E-state index in [1.165, 1.54) is 0 Å². The van der Waals surface area contributed by atoms with Crippen LogP contribution in [0, 0.1) is 0 Å². The van der Waals surface area contributed by atoms with E-state index in [1.807, 2.05) is 37.2 Å². The van der Waals surface area contributed by atoms with Crippen molar-refractivity contribution in [2.75, 3.05) is 38.7 Å². The molecular formula is C15H22N2O3. The van der Waals surface area contributed by atoms with Crippen LogP contribution >= 0.6 is 0 Å². The molecule has 2 rings (SSSR count). The number of hydrogen-bond donors (Lipinski definition) is 1. The van der Waals surface area contributed by atoms with Crippen LogP contribution < -0.4 is 9.64 Å². The monoisotopic (exact) mass is 278 g/mol. The lowest BCUT2D eigenvalue weighted by molar-refractivity contribution is -0.118. The lowest BCUT2D eigenvalue weighted by atomic mass is 10.1. The smallest absolute Gasteiger partial charge is 0.230 e. The first-order chi connectivity index (χ1) is 9.49. The number of hydrogen-bond acceptors (Lipinski definition) is 4. The summed E-state index contributed by atoms with van der Waals surface area (Å²) in [5, 5.41) is 9.71. The number of aliphatic hydroxyl groups excluding tert-OH is 1. The molecule has 0 fully saturated rings. The van der Waals surface area contributed by atoms with Crippen molar-refractivity contribution < 1.29 is 14.6 Å². The van der Waals surface area contributed by atoms with Gasteiger partial charge in [0.15, 0.2) is 0 Å². The fourth-order valence-electron chi connectivity index (χ4n) is 2.19. The number of aliphatic hydroxyl groups is 1. The molecule has 20 heavy (non-hydrogen) atoms. The first-order valence-electron chi connectivity index (χ1n) is 6.89. The Morgan fingerprint density at radius 2 is 2.20 bits per heavy atom.